The smallest absolute Gasteiger partial charge is 0.124 e. The first-order valence-electron chi connectivity index (χ1n) is 7.25. The molecule has 0 spiro atoms. The summed E-state index contributed by atoms with van der Waals surface area (Å²) < 4.78 is 13.3. The molecule has 1 unspecified atom stereocenters. The van der Waals surface area contributed by atoms with Gasteiger partial charge in [-0.25, -0.2) is 9.37 Å². The molecule has 112 valence electrons. The Hall–Kier alpha value is -0.970. The molecule has 3 rings (SSSR count). The topological polar surface area (TPSA) is 24.9 Å². The summed E-state index contributed by atoms with van der Waals surface area (Å²) in [6, 6.07) is 5.07. The SMILES string of the molecule is CCc1nc(C(NC2CC2)c2ccc(F)cc2Cl)sc1C. The Morgan fingerprint density at radius 1 is 1.48 bits per heavy atom. The van der Waals surface area contributed by atoms with Crippen LogP contribution in [0.1, 0.15) is 46.9 Å². The number of halogens is 2. The van der Waals surface area contributed by atoms with Gasteiger partial charge in [-0.1, -0.05) is 24.6 Å². The molecule has 0 aliphatic heterocycles. The molecule has 1 atom stereocenters. The van der Waals surface area contributed by atoms with Gasteiger partial charge in [-0.05, 0) is 43.9 Å². The molecule has 1 fully saturated rings. The van der Waals surface area contributed by atoms with Crippen molar-refractivity contribution in [3.05, 3.63) is 50.2 Å². The number of hydrogen-bond donors (Lipinski definition) is 1. The van der Waals surface area contributed by atoms with Crippen LogP contribution in [0.4, 0.5) is 4.39 Å². The molecule has 0 bridgehead atoms. The quantitative estimate of drug-likeness (QED) is 0.866. The van der Waals surface area contributed by atoms with Crippen molar-refractivity contribution in [2.24, 2.45) is 0 Å². The van der Waals surface area contributed by atoms with Gasteiger partial charge in [-0.2, -0.15) is 0 Å². The third-order valence-corrected chi connectivity index (χ3v) is 5.15. The minimum Gasteiger partial charge on any atom is -0.301 e. The fourth-order valence-corrected chi connectivity index (χ4v) is 3.78. The second-order valence-electron chi connectivity index (χ2n) is 5.45. The van der Waals surface area contributed by atoms with Crippen LogP contribution in [0.25, 0.3) is 0 Å². The van der Waals surface area contributed by atoms with E-state index in [4.69, 9.17) is 16.6 Å². The maximum atomic E-state index is 13.3. The van der Waals surface area contributed by atoms with E-state index in [9.17, 15) is 4.39 Å². The molecule has 2 nitrogen and oxygen atoms in total. The number of aromatic nitrogens is 1. The first kappa shape index (κ1) is 14.9. The minimum absolute atomic E-state index is 0.0467. The molecule has 1 saturated carbocycles. The van der Waals surface area contributed by atoms with Crippen LogP contribution in [0, 0.1) is 12.7 Å². The van der Waals surface area contributed by atoms with Crippen LogP contribution in [0.3, 0.4) is 0 Å². The van der Waals surface area contributed by atoms with Gasteiger partial charge in [0, 0.05) is 15.9 Å². The van der Waals surface area contributed by atoms with Gasteiger partial charge in [-0.15, -0.1) is 11.3 Å². The van der Waals surface area contributed by atoms with Crippen molar-refractivity contribution in [1.29, 1.82) is 0 Å². The van der Waals surface area contributed by atoms with E-state index in [0.717, 1.165) is 22.7 Å². The van der Waals surface area contributed by atoms with Gasteiger partial charge in [0.1, 0.15) is 10.8 Å². The highest BCUT2D eigenvalue weighted by Gasteiger charge is 2.29. The van der Waals surface area contributed by atoms with Crippen molar-refractivity contribution in [1.82, 2.24) is 10.3 Å². The lowest BCUT2D eigenvalue weighted by molar-refractivity contribution is 0.591. The molecule has 1 heterocycles. The molecule has 1 N–H and O–H groups in total. The van der Waals surface area contributed by atoms with E-state index in [2.05, 4.69) is 19.2 Å². The molecular weight excluding hydrogens is 307 g/mol. The number of nitrogens with one attached hydrogen (secondary N) is 1. The zero-order valence-corrected chi connectivity index (χ0v) is 13.7. The number of thiazole rings is 1. The molecule has 0 saturated heterocycles. The summed E-state index contributed by atoms with van der Waals surface area (Å²) in [7, 11) is 0. The Morgan fingerprint density at radius 2 is 2.24 bits per heavy atom. The molecule has 1 aromatic heterocycles. The molecule has 0 radical (unpaired) electrons. The molecule has 1 aliphatic carbocycles. The minimum atomic E-state index is -0.307. The summed E-state index contributed by atoms with van der Waals surface area (Å²) in [6.07, 6.45) is 3.29. The predicted octanol–water partition coefficient (Wildman–Crippen LogP) is 4.65. The average Bonchev–Trinajstić information content (AvgIpc) is 3.18. The highest BCUT2D eigenvalue weighted by molar-refractivity contribution is 7.11. The molecule has 0 amide bonds. The lowest BCUT2D eigenvalue weighted by Gasteiger charge is -2.18. The third kappa shape index (κ3) is 3.28. The Morgan fingerprint density at radius 3 is 2.81 bits per heavy atom. The first-order chi connectivity index (χ1) is 10.1. The van der Waals surface area contributed by atoms with Gasteiger partial charge < -0.3 is 5.32 Å². The Bertz CT molecular complexity index is 652. The van der Waals surface area contributed by atoms with Crippen molar-refractivity contribution in [3.63, 3.8) is 0 Å². The Labute approximate surface area is 133 Å². The van der Waals surface area contributed by atoms with Crippen molar-refractivity contribution in [2.45, 2.75) is 45.2 Å². The van der Waals surface area contributed by atoms with E-state index >= 15 is 0 Å². The summed E-state index contributed by atoms with van der Waals surface area (Å²) in [6.45, 7) is 4.21. The zero-order valence-electron chi connectivity index (χ0n) is 12.1. The van der Waals surface area contributed by atoms with Gasteiger partial charge in [-0.3, -0.25) is 0 Å². The number of rotatable bonds is 5. The van der Waals surface area contributed by atoms with Gasteiger partial charge in [0.15, 0.2) is 0 Å². The first-order valence-corrected chi connectivity index (χ1v) is 8.45. The second-order valence-corrected chi connectivity index (χ2v) is 7.09. The number of aryl methyl sites for hydroxylation is 2. The average molecular weight is 325 g/mol. The molecule has 1 aliphatic rings. The Kier molecular flexibility index (Phi) is 4.29. The summed E-state index contributed by atoms with van der Waals surface area (Å²) >= 11 is 7.95. The summed E-state index contributed by atoms with van der Waals surface area (Å²) in [5.74, 6) is -0.307. The fourth-order valence-electron chi connectivity index (χ4n) is 2.42. The summed E-state index contributed by atoms with van der Waals surface area (Å²) in [4.78, 5) is 6.00. The van der Waals surface area contributed by atoms with Crippen LogP contribution in [0.5, 0.6) is 0 Å². The lowest BCUT2D eigenvalue weighted by atomic mass is 10.1. The molecule has 5 heteroatoms. The van der Waals surface area contributed by atoms with Gasteiger partial charge in [0.2, 0.25) is 0 Å². The van der Waals surface area contributed by atoms with Crippen molar-refractivity contribution in [3.8, 4) is 0 Å². The predicted molar refractivity (Wildman–Crippen MR) is 85.6 cm³/mol. The Balaban J connectivity index is 1.99. The van der Waals surface area contributed by atoms with Crippen LogP contribution < -0.4 is 5.32 Å². The summed E-state index contributed by atoms with van der Waals surface area (Å²) in [5.41, 5.74) is 2.04. The van der Waals surface area contributed by atoms with E-state index in [1.165, 1.54) is 29.9 Å². The van der Waals surface area contributed by atoms with Gasteiger partial charge in [0.25, 0.3) is 0 Å². The van der Waals surface area contributed by atoms with Gasteiger partial charge in [0.05, 0.1) is 11.7 Å². The fraction of sp³-hybridized carbons (Fsp3) is 0.438. The summed E-state index contributed by atoms with van der Waals surface area (Å²) in [5, 5.41) is 5.07. The molecule has 2 aromatic rings. The van der Waals surface area contributed by atoms with E-state index in [1.807, 2.05) is 0 Å². The van der Waals surface area contributed by atoms with E-state index in [-0.39, 0.29) is 11.9 Å². The monoisotopic (exact) mass is 324 g/mol. The molecule has 21 heavy (non-hydrogen) atoms. The van der Waals surface area contributed by atoms with Crippen molar-refractivity contribution in [2.75, 3.05) is 0 Å². The molecular formula is C16H18ClFN2S. The second kappa shape index (κ2) is 6.03. The van der Waals surface area contributed by atoms with E-state index in [0.29, 0.717) is 11.1 Å². The van der Waals surface area contributed by atoms with Crippen molar-refractivity contribution < 1.29 is 4.39 Å². The standard InChI is InChI=1S/C16H18ClFN2S/c1-3-14-9(2)21-16(20-14)15(19-11-5-6-11)12-7-4-10(18)8-13(12)17/h4,7-8,11,15,19H,3,5-6H2,1-2H3. The number of benzene rings is 1. The largest absolute Gasteiger partial charge is 0.301 e. The van der Waals surface area contributed by atoms with Crippen LogP contribution in [0.15, 0.2) is 18.2 Å². The normalized spacial score (nSPS) is 16.2. The number of hydrogen-bond acceptors (Lipinski definition) is 3. The highest BCUT2D eigenvalue weighted by Crippen LogP contribution is 2.35. The van der Waals surface area contributed by atoms with Gasteiger partial charge >= 0.3 is 0 Å². The maximum Gasteiger partial charge on any atom is 0.124 e. The molecule has 1 aromatic carbocycles. The van der Waals surface area contributed by atoms with Crippen molar-refractivity contribution >= 4 is 22.9 Å². The van der Waals surface area contributed by atoms with E-state index < -0.39 is 0 Å². The van der Waals surface area contributed by atoms with Crippen LogP contribution in [-0.2, 0) is 6.42 Å². The highest BCUT2D eigenvalue weighted by atomic mass is 35.5. The van der Waals surface area contributed by atoms with Crippen LogP contribution in [-0.4, -0.2) is 11.0 Å². The number of nitrogens with zero attached hydrogens (tertiary/aromatic N) is 1. The maximum absolute atomic E-state index is 13.3. The van der Waals surface area contributed by atoms with Crippen LogP contribution >= 0.6 is 22.9 Å². The zero-order chi connectivity index (χ0) is 15.0. The third-order valence-electron chi connectivity index (χ3n) is 3.74. The lowest BCUT2D eigenvalue weighted by Crippen LogP contribution is -2.24. The van der Waals surface area contributed by atoms with E-state index in [1.54, 1.807) is 17.4 Å². The van der Waals surface area contributed by atoms with Crippen LogP contribution in [0.2, 0.25) is 5.02 Å².